The predicted octanol–water partition coefficient (Wildman–Crippen LogP) is 7.48. The molecule has 8 aromatic rings. The van der Waals surface area contributed by atoms with Gasteiger partial charge >= 0.3 is 0 Å². The Bertz CT molecular complexity index is 2390. The van der Waals surface area contributed by atoms with Crippen LogP contribution >= 0.6 is 0 Å². The lowest BCUT2D eigenvalue weighted by molar-refractivity contribution is 0.106. The molecule has 0 bridgehead atoms. The lowest BCUT2D eigenvalue weighted by atomic mass is 10.1. The van der Waals surface area contributed by atoms with Gasteiger partial charge < -0.3 is 59.2 Å². The van der Waals surface area contributed by atoms with Crippen molar-refractivity contribution in [1.82, 2.24) is 20.6 Å². The summed E-state index contributed by atoms with van der Waals surface area (Å²) in [7, 11) is 3.24. The number of fused-ring (bicyclic) bond motifs is 6. The maximum atomic E-state index is 10.3. The Kier molecular flexibility index (Phi) is 14.6. The average molecular weight is 813 g/mol. The molecule has 60 heavy (non-hydrogen) atoms. The van der Waals surface area contributed by atoms with Crippen LogP contribution in [0.15, 0.2) is 133 Å². The fraction of sp³-hybridized carbons (Fsp3) is 0.250. The molecule has 2 unspecified atom stereocenters. The third kappa shape index (κ3) is 10.6. The van der Waals surface area contributed by atoms with Gasteiger partial charge in [-0.1, -0.05) is 72.8 Å². The van der Waals surface area contributed by atoms with Crippen LogP contribution < -0.4 is 39.1 Å². The number of hydrogen-bond acceptors (Lipinski definition) is 10. The zero-order valence-electron chi connectivity index (χ0n) is 33.9. The summed E-state index contributed by atoms with van der Waals surface area (Å²) in [5.41, 5.74) is 4.19. The number of rotatable bonds is 20. The molecule has 12 heteroatoms. The van der Waals surface area contributed by atoms with Crippen molar-refractivity contribution in [2.75, 3.05) is 66.8 Å². The van der Waals surface area contributed by atoms with E-state index in [1.807, 2.05) is 121 Å². The van der Waals surface area contributed by atoms with Gasteiger partial charge in [0.25, 0.3) is 0 Å². The Morgan fingerprint density at radius 3 is 1.23 bits per heavy atom. The van der Waals surface area contributed by atoms with Crippen LogP contribution in [0.1, 0.15) is 0 Å². The van der Waals surface area contributed by atoms with Crippen molar-refractivity contribution in [2.45, 2.75) is 12.2 Å². The van der Waals surface area contributed by atoms with E-state index < -0.39 is 12.2 Å². The van der Waals surface area contributed by atoms with E-state index in [0.29, 0.717) is 62.4 Å². The zero-order chi connectivity index (χ0) is 41.5. The van der Waals surface area contributed by atoms with Crippen molar-refractivity contribution >= 4 is 43.6 Å². The second-order valence-electron chi connectivity index (χ2n) is 14.0. The summed E-state index contributed by atoms with van der Waals surface area (Å²) in [6.07, 6.45) is -1.26. The molecule has 0 spiro atoms. The van der Waals surface area contributed by atoms with E-state index in [9.17, 15) is 10.2 Å². The number of nitrogens with one attached hydrogen (secondary N) is 4. The molecule has 6 aromatic carbocycles. The second kappa shape index (κ2) is 21.0. The minimum atomic E-state index is -0.628. The molecule has 0 saturated heterocycles. The number of hydrogen-bond donors (Lipinski definition) is 6. The van der Waals surface area contributed by atoms with Gasteiger partial charge in [-0.2, -0.15) is 0 Å². The first-order chi connectivity index (χ1) is 29.5. The first-order valence-corrected chi connectivity index (χ1v) is 20.1. The summed E-state index contributed by atoms with van der Waals surface area (Å²) in [5.74, 6) is 4.36. The van der Waals surface area contributed by atoms with Gasteiger partial charge in [-0.05, 0) is 60.7 Å². The molecule has 0 aliphatic rings. The van der Waals surface area contributed by atoms with E-state index in [-0.39, 0.29) is 13.2 Å². The number of benzene rings is 6. The van der Waals surface area contributed by atoms with Crippen LogP contribution in [0.25, 0.3) is 43.6 Å². The van der Waals surface area contributed by atoms with Crippen LogP contribution in [0, 0.1) is 0 Å². The molecule has 2 aromatic heterocycles. The molecule has 0 amide bonds. The van der Waals surface area contributed by atoms with E-state index in [1.54, 1.807) is 14.2 Å². The number of ether oxygens (including phenoxy) is 6. The van der Waals surface area contributed by atoms with Gasteiger partial charge in [0.05, 0.1) is 25.3 Å². The summed E-state index contributed by atoms with van der Waals surface area (Å²) in [5, 5.41) is 31.3. The quantitative estimate of drug-likeness (QED) is 0.0428. The van der Waals surface area contributed by atoms with Crippen molar-refractivity contribution in [3.05, 3.63) is 133 Å². The number of aromatic nitrogens is 2. The molecule has 6 N–H and O–H groups in total. The molecule has 2 heterocycles. The predicted molar refractivity (Wildman–Crippen MR) is 237 cm³/mol. The standard InChI is InChI=1S/2C24H26N2O4/c2*1-28-21-10-4-5-11-22(21)29-14-13-25-15-17(27)16-30-23-12-6-9-20-24(23)18-7-2-3-8-19(18)26-20/h2*2-12,17,25-27H,13-16H2,1H3. The van der Waals surface area contributed by atoms with Gasteiger partial charge in [0.2, 0.25) is 0 Å². The van der Waals surface area contributed by atoms with Crippen LogP contribution in [-0.2, 0) is 0 Å². The van der Waals surface area contributed by atoms with Crippen molar-refractivity contribution in [1.29, 1.82) is 0 Å². The van der Waals surface area contributed by atoms with Crippen LogP contribution in [0.2, 0.25) is 0 Å². The normalized spacial score (nSPS) is 12.2. The SMILES string of the molecule is COc1ccccc1OCCNCC(O)COc1cccc2[nH]c3ccccc3c12.COc1ccccc1OCCNCC(O)COc1cccc2[nH]c3ccccc3c12. The zero-order valence-corrected chi connectivity index (χ0v) is 33.9. The van der Waals surface area contributed by atoms with E-state index >= 15 is 0 Å². The van der Waals surface area contributed by atoms with E-state index in [2.05, 4.69) is 32.7 Å². The van der Waals surface area contributed by atoms with Gasteiger partial charge in [-0.25, -0.2) is 0 Å². The monoisotopic (exact) mass is 812 g/mol. The minimum Gasteiger partial charge on any atom is -0.493 e. The number of para-hydroxylation sites is 6. The highest BCUT2D eigenvalue weighted by Crippen LogP contribution is 2.34. The molecular weight excluding hydrogens is 761 g/mol. The van der Waals surface area contributed by atoms with E-state index in [0.717, 1.165) is 55.1 Å². The van der Waals surface area contributed by atoms with Crippen LogP contribution in [-0.4, -0.2) is 99.2 Å². The maximum absolute atomic E-state index is 10.3. The van der Waals surface area contributed by atoms with Crippen molar-refractivity contribution < 1.29 is 38.6 Å². The molecular formula is C48H52N4O8. The molecule has 2 atom stereocenters. The molecule has 0 radical (unpaired) electrons. The third-order valence-electron chi connectivity index (χ3n) is 9.82. The number of aliphatic hydroxyl groups is 2. The van der Waals surface area contributed by atoms with Crippen molar-refractivity contribution in [2.24, 2.45) is 0 Å². The number of aliphatic hydroxyl groups excluding tert-OH is 2. The number of methoxy groups -OCH3 is 2. The van der Waals surface area contributed by atoms with Gasteiger partial charge in [0, 0.05) is 58.8 Å². The molecule has 0 fully saturated rings. The highest BCUT2D eigenvalue weighted by Gasteiger charge is 2.13. The Morgan fingerprint density at radius 1 is 0.433 bits per heavy atom. The van der Waals surface area contributed by atoms with Crippen LogP contribution in [0.3, 0.4) is 0 Å². The maximum Gasteiger partial charge on any atom is 0.161 e. The summed E-state index contributed by atoms with van der Waals surface area (Å²) >= 11 is 0. The first kappa shape index (κ1) is 41.7. The fourth-order valence-electron chi connectivity index (χ4n) is 6.95. The largest absolute Gasteiger partial charge is 0.493 e. The Labute approximate surface area is 349 Å². The van der Waals surface area contributed by atoms with Crippen molar-refractivity contribution in [3.63, 3.8) is 0 Å². The van der Waals surface area contributed by atoms with E-state index in [4.69, 9.17) is 28.4 Å². The smallest absolute Gasteiger partial charge is 0.161 e. The second-order valence-corrected chi connectivity index (χ2v) is 14.0. The summed E-state index contributed by atoms with van der Waals surface area (Å²) in [4.78, 5) is 6.80. The third-order valence-corrected chi connectivity index (χ3v) is 9.82. The molecule has 0 aliphatic heterocycles. The molecule has 8 rings (SSSR count). The van der Waals surface area contributed by atoms with Gasteiger partial charge in [0.15, 0.2) is 23.0 Å². The van der Waals surface area contributed by atoms with Crippen LogP contribution in [0.5, 0.6) is 34.5 Å². The summed E-state index contributed by atoms with van der Waals surface area (Å²) in [6.45, 7) is 3.40. The molecule has 0 saturated carbocycles. The Balaban J connectivity index is 0.000000181. The highest BCUT2D eigenvalue weighted by atomic mass is 16.5. The lowest BCUT2D eigenvalue weighted by Crippen LogP contribution is -2.33. The molecule has 312 valence electrons. The Morgan fingerprint density at radius 2 is 0.800 bits per heavy atom. The van der Waals surface area contributed by atoms with E-state index in [1.165, 1.54) is 0 Å². The Hall–Kier alpha value is -6.44. The summed E-state index contributed by atoms with van der Waals surface area (Å²) < 4.78 is 33.8. The van der Waals surface area contributed by atoms with Gasteiger partial charge in [0.1, 0.15) is 50.1 Å². The van der Waals surface area contributed by atoms with Gasteiger partial charge in [-0.15, -0.1) is 0 Å². The topological polar surface area (TPSA) is 151 Å². The molecule has 0 aliphatic carbocycles. The highest BCUT2D eigenvalue weighted by molar-refractivity contribution is 6.11. The van der Waals surface area contributed by atoms with Crippen LogP contribution in [0.4, 0.5) is 0 Å². The summed E-state index contributed by atoms with van der Waals surface area (Å²) in [6, 6.07) is 43.2. The number of H-pyrrole nitrogens is 2. The van der Waals surface area contributed by atoms with Gasteiger partial charge in [-0.3, -0.25) is 0 Å². The fourth-order valence-corrected chi connectivity index (χ4v) is 6.95. The average Bonchev–Trinajstić information content (AvgIpc) is 3.87. The number of aromatic amines is 2. The first-order valence-electron chi connectivity index (χ1n) is 20.1. The van der Waals surface area contributed by atoms with Crippen molar-refractivity contribution in [3.8, 4) is 34.5 Å². The lowest BCUT2D eigenvalue weighted by Gasteiger charge is -2.15. The molecule has 12 nitrogen and oxygen atoms in total. The minimum absolute atomic E-state index is 0.207.